The molecule has 0 saturated carbocycles. The van der Waals surface area contributed by atoms with Crippen LogP contribution in [0.3, 0.4) is 0 Å². The van der Waals surface area contributed by atoms with E-state index < -0.39 is 23.8 Å². The molecule has 1 fully saturated rings. The zero-order chi connectivity index (χ0) is 28.2. The van der Waals surface area contributed by atoms with E-state index in [1.807, 2.05) is 30.3 Å². The summed E-state index contributed by atoms with van der Waals surface area (Å²) in [6.45, 7) is 5.02. The minimum Gasteiger partial charge on any atom is -0.465 e. The number of anilines is 1. The fourth-order valence-electron chi connectivity index (χ4n) is 5.55. The molecule has 2 aromatic carbocycles. The van der Waals surface area contributed by atoms with Gasteiger partial charge in [-0.2, -0.15) is 0 Å². The second kappa shape index (κ2) is 11.8. The fourth-order valence-corrected chi connectivity index (χ4v) is 5.55. The molecule has 0 unspecified atom stereocenters. The zero-order valence-corrected chi connectivity index (χ0v) is 22.9. The summed E-state index contributed by atoms with van der Waals surface area (Å²) in [7, 11) is 0. The molecule has 2 aromatic rings. The molecule has 1 saturated heterocycles. The minimum atomic E-state index is -0.575. The highest BCUT2D eigenvalue weighted by molar-refractivity contribution is 6.31. The number of esters is 2. The molecule has 0 N–H and O–H groups in total. The molecule has 3 aliphatic rings. The molecule has 0 bridgehead atoms. The van der Waals surface area contributed by atoms with Gasteiger partial charge in [0.1, 0.15) is 13.1 Å². The van der Waals surface area contributed by atoms with Crippen LogP contribution in [0, 0.1) is 0 Å². The summed E-state index contributed by atoms with van der Waals surface area (Å²) in [5.41, 5.74) is 3.30. The van der Waals surface area contributed by atoms with Gasteiger partial charge in [-0.25, -0.2) is 0 Å². The van der Waals surface area contributed by atoms with E-state index in [0.717, 1.165) is 31.6 Å². The molecule has 5 rings (SSSR count). The summed E-state index contributed by atoms with van der Waals surface area (Å²) in [4.78, 5) is 58.1. The van der Waals surface area contributed by atoms with Gasteiger partial charge >= 0.3 is 11.9 Å². The van der Waals surface area contributed by atoms with Crippen LogP contribution in [0.15, 0.2) is 65.7 Å². The van der Waals surface area contributed by atoms with Gasteiger partial charge in [0.25, 0.3) is 11.8 Å². The van der Waals surface area contributed by atoms with Crippen LogP contribution in [0.5, 0.6) is 0 Å². The molecular formula is C31H33N3O6. The highest BCUT2D eigenvalue weighted by atomic mass is 16.5. The second-order valence-electron chi connectivity index (χ2n) is 9.80. The molecule has 0 radical (unpaired) electrons. The van der Waals surface area contributed by atoms with E-state index >= 15 is 0 Å². The van der Waals surface area contributed by atoms with Gasteiger partial charge in [-0.3, -0.25) is 29.0 Å². The molecule has 0 atom stereocenters. The number of amides is 2. The van der Waals surface area contributed by atoms with E-state index in [9.17, 15) is 19.2 Å². The van der Waals surface area contributed by atoms with Gasteiger partial charge in [-0.1, -0.05) is 42.5 Å². The summed E-state index contributed by atoms with van der Waals surface area (Å²) in [6, 6.07) is 16.7. The Kier molecular flexibility index (Phi) is 8.00. The van der Waals surface area contributed by atoms with Crippen molar-refractivity contribution in [3.05, 3.63) is 76.9 Å². The highest BCUT2D eigenvalue weighted by Crippen LogP contribution is 2.46. The smallest absolute Gasteiger partial charge is 0.326 e. The molecule has 3 aliphatic heterocycles. The van der Waals surface area contributed by atoms with E-state index in [0.29, 0.717) is 22.5 Å². The fraction of sp³-hybridized carbons (Fsp3) is 0.355. The van der Waals surface area contributed by atoms with Crippen LogP contribution in [-0.4, -0.2) is 72.9 Å². The van der Waals surface area contributed by atoms with Gasteiger partial charge < -0.3 is 14.4 Å². The quantitative estimate of drug-likeness (QED) is 0.446. The monoisotopic (exact) mass is 543 g/mol. The molecule has 40 heavy (non-hydrogen) atoms. The Balaban J connectivity index is 1.64. The number of ether oxygens (including phenoxy) is 2. The van der Waals surface area contributed by atoms with E-state index in [1.54, 1.807) is 38.1 Å². The molecule has 0 spiro atoms. The SMILES string of the molecule is CCOC(=O)CN1C(=O)C2=C(c3ccc(N4CCCCC4)cc3)N(CC(=O)OCC)C(=O)C2=C1c1ccccc1. The molecule has 3 heterocycles. The maximum Gasteiger partial charge on any atom is 0.326 e. The Bertz CT molecular complexity index is 1370. The molecule has 0 aromatic heterocycles. The van der Waals surface area contributed by atoms with E-state index in [4.69, 9.17) is 9.47 Å². The summed E-state index contributed by atoms with van der Waals surface area (Å²) in [6.07, 6.45) is 3.50. The normalized spacial score (nSPS) is 17.1. The van der Waals surface area contributed by atoms with Crippen molar-refractivity contribution in [2.75, 3.05) is 44.3 Å². The predicted octanol–water partition coefficient (Wildman–Crippen LogP) is 3.61. The first-order valence-corrected chi connectivity index (χ1v) is 13.8. The number of hydrogen-bond donors (Lipinski definition) is 0. The van der Waals surface area contributed by atoms with Crippen molar-refractivity contribution in [2.45, 2.75) is 33.1 Å². The summed E-state index contributed by atoms with van der Waals surface area (Å²) >= 11 is 0. The average molecular weight is 544 g/mol. The molecule has 9 nitrogen and oxygen atoms in total. The lowest BCUT2D eigenvalue weighted by atomic mass is 10.0. The number of piperidine rings is 1. The van der Waals surface area contributed by atoms with Crippen LogP contribution < -0.4 is 4.90 Å². The Morgan fingerprint density at radius 1 is 0.675 bits per heavy atom. The van der Waals surface area contributed by atoms with Gasteiger partial charge in [-0.05, 0) is 56.4 Å². The molecule has 2 amide bonds. The lowest BCUT2D eigenvalue weighted by molar-refractivity contribution is -0.146. The van der Waals surface area contributed by atoms with Crippen LogP contribution in [0.25, 0.3) is 11.4 Å². The van der Waals surface area contributed by atoms with Crippen molar-refractivity contribution in [3.63, 3.8) is 0 Å². The number of hydrogen-bond acceptors (Lipinski definition) is 7. The topological polar surface area (TPSA) is 96.5 Å². The van der Waals surface area contributed by atoms with E-state index in [1.165, 1.54) is 16.2 Å². The van der Waals surface area contributed by atoms with Crippen LogP contribution in [0.1, 0.15) is 44.2 Å². The predicted molar refractivity (Wildman–Crippen MR) is 149 cm³/mol. The number of nitrogens with zero attached hydrogens (tertiary/aromatic N) is 3. The van der Waals surface area contributed by atoms with Crippen molar-refractivity contribution in [1.29, 1.82) is 0 Å². The summed E-state index contributed by atoms with van der Waals surface area (Å²) < 4.78 is 10.3. The van der Waals surface area contributed by atoms with Gasteiger partial charge in [-0.15, -0.1) is 0 Å². The van der Waals surface area contributed by atoms with Gasteiger partial charge in [0.15, 0.2) is 0 Å². The van der Waals surface area contributed by atoms with Crippen molar-refractivity contribution in [1.82, 2.24) is 9.80 Å². The van der Waals surface area contributed by atoms with Crippen LogP contribution >= 0.6 is 0 Å². The third-order valence-corrected chi connectivity index (χ3v) is 7.28. The number of rotatable bonds is 9. The average Bonchev–Trinajstić information content (AvgIpc) is 3.40. The van der Waals surface area contributed by atoms with Crippen LogP contribution in [0.2, 0.25) is 0 Å². The van der Waals surface area contributed by atoms with Crippen molar-refractivity contribution < 1.29 is 28.7 Å². The number of benzene rings is 2. The Labute approximate surface area is 233 Å². The zero-order valence-electron chi connectivity index (χ0n) is 22.9. The Hall–Kier alpha value is -4.40. The lowest BCUT2D eigenvalue weighted by Crippen LogP contribution is -2.35. The van der Waals surface area contributed by atoms with Crippen molar-refractivity contribution >= 4 is 40.8 Å². The minimum absolute atomic E-state index is 0.167. The molecule has 0 aliphatic carbocycles. The first-order chi connectivity index (χ1) is 19.4. The maximum absolute atomic E-state index is 14.0. The van der Waals surface area contributed by atoms with Gasteiger partial charge in [0, 0.05) is 18.8 Å². The highest BCUT2D eigenvalue weighted by Gasteiger charge is 2.49. The largest absolute Gasteiger partial charge is 0.465 e. The summed E-state index contributed by atoms with van der Waals surface area (Å²) in [5, 5.41) is 0. The molecular weight excluding hydrogens is 510 g/mol. The number of carbonyl (C=O) groups excluding carboxylic acids is 4. The number of carbonyl (C=O) groups is 4. The van der Waals surface area contributed by atoms with Crippen molar-refractivity contribution in [2.24, 2.45) is 0 Å². The third kappa shape index (κ3) is 5.11. The van der Waals surface area contributed by atoms with Gasteiger partial charge in [0.2, 0.25) is 0 Å². The lowest BCUT2D eigenvalue weighted by Gasteiger charge is -2.29. The first kappa shape index (κ1) is 27.2. The third-order valence-electron chi connectivity index (χ3n) is 7.28. The van der Waals surface area contributed by atoms with Gasteiger partial charge in [0.05, 0.1) is 35.8 Å². The Morgan fingerprint density at radius 2 is 1.15 bits per heavy atom. The van der Waals surface area contributed by atoms with E-state index in [2.05, 4.69) is 4.90 Å². The Morgan fingerprint density at radius 3 is 1.62 bits per heavy atom. The first-order valence-electron chi connectivity index (χ1n) is 13.8. The molecule has 9 heteroatoms. The standard InChI is InChI=1S/C31H33N3O6/c1-3-39-24(35)19-33-28(21-11-7-5-8-12-21)26-27(31(33)38)29(34(30(26)37)20-25(36)40-4-2)22-13-15-23(16-14-22)32-17-9-6-10-18-32/h5,7-8,11-16H,3-4,6,9-10,17-20H2,1-2H3. The summed E-state index contributed by atoms with van der Waals surface area (Å²) in [5.74, 6) is -2.13. The van der Waals surface area contributed by atoms with Crippen LogP contribution in [-0.2, 0) is 28.7 Å². The second-order valence-corrected chi connectivity index (χ2v) is 9.80. The van der Waals surface area contributed by atoms with Crippen LogP contribution in [0.4, 0.5) is 5.69 Å². The van der Waals surface area contributed by atoms with E-state index in [-0.39, 0.29) is 37.4 Å². The molecule has 208 valence electrons. The van der Waals surface area contributed by atoms with Crippen molar-refractivity contribution in [3.8, 4) is 0 Å². The number of fused-ring (bicyclic) bond motifs is 1. The maximum atomic E-state index is 14.0.